The van der Waals surface area contributed by atoms with E-state index in [-0.39, 0.29) is 31.1 Å². The Morgan fingerprint density at radius 3 is 0.735 bits per heavy atom. The van der Waals surface area contributed by atoms with Gasteiger partial charge in [-0.25, -0.2) is 0 Å². The summed E-state index contributed by atoms with van der Waals surface area (Å²) in [4.78, 5) is 38.5. The molecule has 0 radical (unpaired) electrons. The molecule has 0 heterocycles. The van der Waals surface area contributed by atoms with Crippen molar-refractivity contribution in [3.8, 4) is 0 Å². The van der Waals surface area contributed by atoms with Crippen LogP contribution in [0.1, 0.15) is 342 Å². The highest BCUT2D eigenvalue weighted by Gasteiger charge is 2.19. The topological polar surface area (TPSA) is 78.9 Å². The number of esters is 3. The lowest BCUT2D eigenvalue weighted by atomic mass is 10.0. The molecule has 0 saturated carbocycles. The first-order valence-electron chi connectivity index (χ1n) is 35.4. The molecule has 1 atom stereocenters. The molecule has 83 heavy (non-hydrogen) atoms. The van der Waals surface area contributed by atoms with Crippen LogP contribution in [-0.2, 0) is 28.6 Å². The van der Waals surface area contributed by atoms with Gasteiger partial charge in [-0.05, 0) is 103 Å². The molecule has 476 valence electrons. The summed E-state index contributed by atoms with van der Waals surface area (Å²) in [6.07, 6.45) is 96.8. The van der Waals surface area contributed by atoms with Crippen molar-refractivity contribution >= 4 is 17.9 Å². The fraction of sp³-hybridized carbons (Fsp3) is 0.727. The largest absolute Gasteiger partial charge is 0.462 e. The lowest BCUT2D eigenvalue weighted by Crippen LogP contribution is -2.30. The first-order valence-corrected chi connectivity index (χ1v) is 35.4. The summed E-state index contributed by atoms with van der Waals surface area (Å²) in [7, 11) is 0. The number of hydrogen-bond acceptors (Lipinski definition) is 6. The van der Waals surface area contributed by atoms with Gasteiger partial charge in [0.1, 0.15) is 13.2 Å². The molecule has 0 aromatic carbocycles. The summed E-state index contributed by atoms with van der Waals surface area (Å²) in [6.45, 7) is 6.45. The molecule has 0 aromatic rings. The molecule has 0 amide bonds. The van der Waals surface area contributed by atoms with E-state index in [1.807, 2.05) is 0 Å². The number of ether oxygens (including phenoxy) is 3. The number of carbonyl (C=O) groups excluding carboxylic acids is 3. The molecule has 0 spiro atoms. The third-order valence-corrected chi connectivity index (χ3v) is 15.3. The molecule has 0 aliphatic carbocycles. The highest BCUT2D eigenvalue weighted by molar-refractivity contribution is 5.71. The standard InChI is InChI=1S/C77H132O6/c1-4-7-10-13-16-19-22-25-27-29-31-33-35-37-38-40-41-43-45-47-49-52-55-58-61-64-67-70-76(79)82-73-74(72-81-75(78)69-66-63-60-57-54-51-24-21-18-15-12-9-6-3)83-77(80)71-68-65-62-59-56-53-50-48-46-44-42-39-36-34-32-30-28-26-23-20-17-14-11-8-5-2/h7-8,10-11,16-17,19-20,25-28,31-34,37-38,74H,4-6,9,12-15,18,21-24,29-30,35-36,39-73H2,1-3H3/b10-7-,11-8-,19-16-,20-17-,27-25-,28-26-,33-31-,34-32-,38-37-. The van der Waals surface area contributed by atoms with E-state index in [0.29, 0.717) is 19.3 Å². The summed E-state index contributed by atoms with van der Waals surface area (Å²) < 4.78 is 17.0. The van der Waals surface area contributed by atoms with Crippen molar-refractivity contribution in [1.82, 2.24) is 0 Å². The Bertz CT molecular complexity index is 1660. The minimum atomic E-state index is -0.781. The minimum absolute atomic E-state index is 0.0760. The fourth-order valence-corrected chi connectivity index (χ4v) is 10.1. The molecule has 0 aliphatic rings. The smallest absolute Gasteiger partial charge is 0.306 e. The third-order valence-electron chi connectivity index (χ3n) is 15.3. The normalized spacial score (nSPS) is 12.8. The van der Waals surface area contributed by atoms with Crippen molar-refractivity contribution < 1.29 is 28.6 Å². The zero-order valence-electron chi connectivity index (χ0n) is 54.7. The van der Waals surface area contributed by atoms with E-state index >= 15 is 0 Å². The fourth-order valence-electron chi connectivity index (χ4n) is 10.1. The maximum Gasteiger partial charge on any atom is 0.306 e. The van der Waals surface area contributed by atoms with Gasteiger partial charge in [0.05, 0.1) is 0 Å². The van der Waals surface area contributed by atoms with Crippen LogP contribution in [0.5, 0.6) is 0 Å². The van der Waals surface area contributed by atoms with Crippen LogP contribution in [0.4, 0.5) is 0 Å². The summed E-state index contributed by atoms with van der Waals surface area (Å²) in [5, 5.41) is 0. The second-order valence-electron chi connectivity index (χ2n) is 23.4. The first kappa shape index (κ1) is 79.1. The Labute approximate surface area is 514 Å². The molecule has 0 N–H and O–H groups in total. The number of hydrogen-bond donors (Lipinski definition) is 0. The Hall–Kier alpha value is -3.93. The van der Waals surface area contributed by atoms with Crippen LogP contribution in [-0.4, -0.2) is 37.2 Å². The van der Waals surface area contributed by atoms with E-state index < -0.39 is 6.10 Å². The predicted molar refractivity (Wildman–Crippen MR) is 362 cm³/mol. The van der Waals surface area contributed by atoms with Gasteiger partial charge < -0.3 is 14.2 Å². The van der Waals surface area contributed by atoms with Crippen molar-refractivity contribution in [2.75, 3.05) is 13.2 Å². The molecular weight excluding hydrogens is 1020 g/mol. The van der Waals surface area contributed by atoms with Gasteiger partial charge in [0, 0.05) is 19.3 Å². The Kier molecular flexibility index (Phi) is 67.2. The summed E-state index contributed by atoms with van der Waals surface area (Å²) >= 11 is 0. The molecule has 0 fully saturated rings. The van der Waals surface area contributed by atoms with Crippen molar-refractivity contribution in [1.29, 1.82) is 0 Å². The highest BCUT2D eigenvalue weighted by atomic mass is 16.6. The number of allylic oxidation sites excluding steroid dienone is 18. The Morgan fingerprint density at radius 1 is 0.253 bits per heavy atom. The van der Waals surface area contributed by atoms with Gasteiger partial charge >= 0.3 is 17.9 Å². The average Bonchev–Trinajstić information content (AvgIpc) is 3.49. The van der Waals surface area contributed by atoms with Crippen molar-refractivity contribution in [3.63, 3.8) is 0 Å². The van der Waals surface area contributed by atoms with Gasteiger partial charge in [0.2, 0.25) is 0 Å². The second kappa shape index (κ2) is 70.6. The van der Waals surface area contributed by atoms with Gasteiger partial charge in [-0.1, -0.05) is 329 Å². The number of unbranched alkanes of at least 4 members (excludes halogenated alkanes) is 35. The maximum absolute atomic E-state index is 13.0. The second-order valence-corrected chi connectivity index (χ2v) is 23.4. The van der Waals surface area contributed by atoms with Gasteiger partial charge in [-0.15, -0.1) is 0 Å². The molecule has 6 heteroatoms. The summed E-state index contributed by atoms with van der Waals surface area (Å²) in [5.74, 6) is -0.865. The van der Waals surface area contributed by atoms with Gasteiger partial charge in [0.25, 0.3) is 0 Å². The zero-order chi connectivity index (χ0) is 59.9. The first-order chi connectivity index (χ1) is 41.0. The minimum Gasteiger partial charge on any atom is -0.462 e. The van der Waals surface area contributed by atoms with Crippen LogP contribution in [0.2, 0.25) is 0 Å². The highest BCUT2D eigenvalue weighted by Crippen LogP contribution is 2.17. The molecule has 0 bridgehead atoms. The molecule has 0 rings (SSSR count). The summed E-state index contributed by atoms with van der Waals surface area (Å²) in [5.41, 5.74) is 0. The van der Waals surface area contributed by atoms with Crippen LogP contribution in [0.25, 0.3) is 0 Å². The van der Waals surface area contributed by atoms with Gasteiger partial charge in [0.15, 0.2) is 6.10 Å². The molecule has 1 unspecified atom stereocenters. The van der Waals surface area contributed by atoms with E-state index in [1.54, 1.807) is 0 Å². The average molecular weight is 1150 g/mol. The Balaban J connectivity index is 4.29. The van der Waals surface area contributed by atoms with Crippen LogP contribution >= 0.6 is 0 Å². The predicted octanol–water partition coefficient (Wildman–Crippen LogP) is 24.6. The van der Waals surface area contributed by atoms with Crippen LogP contribution in [0, 0.1) is 0 Å². The van der Waals surface area contributed by atoms with Crippen molar-refractivity contribution in [2.45, 2.75) is 348 Å². The molecule has 0 saturated heterocycles. The van der Waals surface area contributed by atoms with Gasteiger partial charge in [-0.2, -0.15) is 0 Å². The van der Waals surface area contributed by atoms with E-state index in [9.17, 15) is 14.4 Å². The SMILES string of the molecule is CC/C=C\C/C=C\C/C=C\C/C=C\C/C=C\CCCCCCCCCCCCCC(=O)OCC(COC(=O)CCCCCCCCCCCCCCC)OC(=O)CCCCCCCCCCCCCC/C=C\C/C=C\C/C=C\C/C=C\CC. The van der Waals surface area contributed by atoms with Crippen molar-refractivity contribution in [3.05, 3.63) is 109 Å². The lowest BCUT2D eigenvalue weighted by molar-refractivity contribution is -0.167. The summed E-state index contributed by atoms with van der Waals surface area (Å²) in [6, 6.07) is 0. The zero-order valence-corrected chi connectivity index (χ0v) is 54.7. The number of rotatable bonds is 64. The molecule has 0 aromatic heterocycles. The van der Waals surface area contributed by atoms with Gasteiger partial charge in [-0.3, -0.25) is 14.4 Å². The van der Waals surface area contributed by atoms with E-state index in [4.69, 9.17) is 14.2 Å². The lowest BCUT2D eigenvalue weighted by Gasteiger charge is -2.18. The molecule has 0 aliphatic heterocycles. The van der Waals surface area contributed by atoms with Crippen molar-refractivity contribution in [2.24, 2.45) is 0 Å². The van der Waals surface area contributed by atoms with E-state index in [2.05, 4.69) is 130 Å². The third kappa shape index (κ3) is 68.7. The maximum atomic E-state index is 13.0. The van der Waals surface area contributed by atoms with Crippen LogP contribution in [0.15, 0.2) is 109 Å². The number of carbonyl (C=O) groups is 3. The molecular formula is C77H132O6. The monoisotopic (exact) mass is 1150 g/mol. The quantitative estimate of drug-likeness (QED) is 0.0261. The Morgan fingerprint density at radius 2 is 0.470 bits per heavy atom. The van der Waals surface area contributed by atoms with Crippen LogP contribution < -0.4 is 0 Å². The molecule has 6 nitrogen and oxygen atoms in total. The van der Waals surface area contributed by atoms with E-state index in [0.717, 1.165) is 116 Å². The van der Waals surface area contributed by atoms with E-state index in [1.165, 1.54) is 186 Å². The van der Waals surface area contributed by atoms with Crippen LogP contribution in [0.3, 0.4) is 0 Å².